The Morgan fingerprint density at radius 3 is 2.72 bits per heavy atom. The summed E-state index contributed by atoms with van der Waals surface area (Å²) in [6.07, 6.45) is -0.203. The van der Waals surface area contributed by atoms with E-state index in [0.717, 1.165) is 8.66 Å². The Hall–Kier alpha value is -0.910. The van der Waals surface area contributed by atoms with Crippen molar-refractivity contribution >= 4 is 27.3 Å². The van der Waals surface area contributed by atoms with E-state index in [9.17, 15) is 4.39 Å². The fourth-order valence-corrected chi connectivity index (χ4v) is 3.04. The molecule has 5 heteroatoms. The van der Waals surface area contributed by atoms with Gasteiger partial charge in [0.1, 0.15) is 17.7 Å². The van der Waals surface area contributed by atoms with Crippen molar-refractivity contribution in [2.24, 2.45) is 5.73 Å². The molecule has 0 saturated heterocycles. The Kier molecular flexibility index (Phi) is 4.37. The van der Waals surface area contributed by atoms with Crippen molar-refractivity contribution in [1.29, 1.82) is 0 Å². The molecule has 1 aromatic heterocycles. The molecule has 2 nitrogen and oxygen atoms in total. The van der Waals surface area contributed by atoms with Crippen LogP contribution in [0.5, 0.6) is 5.75 Å². The van der Waals surface area contributed by atoms with Crippen LogP contribution in [0.2, 0.25) is 0 Å². The molecule has 2 rings (SSSR count). The van der Waals surface area contributed by atoms with Gasteiger partial charge < -0.3 is 10.5 Å². The molecule has 0 fully saturated rings. The van der Waals surface area contributed by atoms with Gasteiger partial charge in [-0.2, -0.15) is 0 Å². The maximum atomic E-state index is 13.2. The average molecular weight is 330 g/mol. The topological polar surface area (TPSA) is 35.2 Å². The number of hydrogen-bond donors (Lipinski definition) is 1. The minimum atomic E-state index is -0.231. The normalized spacial score (nSPS) is 12.4. The highest BCUT2D eigenvalue weighted by Gasteiger charge is 2.14. The van der Waals surface area contributed by atoms with E-state index < -0.39 is 0 Å². The predicted octanol–water partition coefficient (Wildman–Crippen LogP) is 4.04. The summed E-state index contributed by atoms with van der Waals surface area (Å²) >= 11 is 4.99. The highest BCUT2D eigenvalue weighted by Crippen LogP contribution is 2.30. The molecule has 0 aliphatic heterocycles. The lowest BCUT2D eigenvalue weighted by atomic mass is 10.2. The lowest BCUT2D eigenvalue weighted by Gasteiger charge is -2.16. The summed E-state index contributed by atoms with van der Waals surface area (Å²) in [5, 5.41) is 0. The number of rotatable bonds is 4. The quantitative estimate of drug-likeness (QED) is 0.918. The summed E-state index contributed by atoms with van der Waals surface area (Å²) in [4.78, 5) is 1.05. The largest absolute Gasteiger partial charge is 0.484 e. The lowest BCUT2D eigenvalue weighted by molar-refractivity contribution is 0.217. The number of nitrogens with two attached hydrogens (primary N) is 1. The Labute approximate surface area is 118 Å². The van der Waals surface area contributed by atoms with Crippen LogP contribution in [0.3, 0.4) is 0 Å². The summed E-state index contributed by atoms with van der Waals surface area (Å²) in [7, 11) is 0. The van der Waals surface area contributed by atoms with Gasteiger partial charge >= 0.3 is 0 Å². The molecule has 1 heterocycles. The average Bonchev–Trinajstić information content (AvgIpc) is 2.77. The number of thiophene rings is 1. The predicted molar refractivity (Wildman–Crippen MR) is 75.6 cm³/mol. The Balaban J connectivity index is 2.17. The van der Waals surface area contributed by atoms with Crippen LogP contribution in [-0.4, -0.2) is 6.54 Å². The lowest BCUT2D eigenvalue weighted by Crippen LogP contribution is -2.17. The van der Waals surface area contributed by atoms with Crippen molar-refractivity contribution in [3.05, 3.63) is 50.4 Å². The SMILES string of the molecule is Cc1cc(OC(CN)c2ccc(Br)s2)ccc1F. The molecule has 2 N–H and O–H groups in total. The van der Waals surface area contributed by atoms with Gasteiger partial charge in [0.05, 0.1) is 3.79 Å². The van der Waals surface area contributed by atoms with Crippen LogP contribution in [0.25, 0.3) is 0 Å². The summed E-state index contributed by atoms with van der Waals surface area (Å²) in [5.74, 6) is 0.402. The van der Waals surface area contributed by atoms with Crippen molar-refractivity contribution in [3.8, 4) is 5.75 Å². The van der Waals surface area contributed by atoms with E-state index in [0.29, 0.717) is 17.9 Å². The summed E-state index contributed by atoms with van der Waals surface area (Å²) in [6, 6.07) is 8.64. The summed E-state index contributed by atoms with van der Waals surface area (Å²) < 4.78 is 20.0. The number of benzene rings is 1. The van der Waals surface area contributed by atoms with E-state index in [1.807, 2.05) is 12.1 Å². The van der Waals surface area contributed by atoms with E-state index >= 15 is 0 Å². The highest BCUT2D eigenvalue weighted by atomic mass is 79.9. The van der Waals surface area contributed by atoms with E-state index in [1.165, 1.54) is 6.07 Å². The molecule has 0 amide bonds. The first kappa shape index (κ1) is 13.5. The number of ether oxygens (including phenoxy) is 1. The van der Waals surface area contributed by atoms with Gasteiger partial charge in [-0.3, -0.25) is 0 Å². The molecule has 2 aromatic rings. The second-order valence-electron chi connectivity index (χ2n) is 3.90. The molecule has 96 valence electrons. The Morgan fingerprint density at radius 2 is 2.17 bits per heavy atom. The van der Waals surface area contributed by atoms with Gasteiger partial charge in [-0.15, -0.1) is 11.3 Å². The van der Waals surface area contributed by atoms with Gasteiger partial charge in [0.2, 0.25) is 0 Å². The van der Waals surface area contributed by atoms with Gasteiger partial charge in [-0.25, -0.2) is 4.39 Å². The first-order chi connectivity index (χ1) is 8.60. The fourth-order valence-electron chi connectivity index (χ4n) is 1.58. The van der Waals surface area contributed by atoms with Crippen LogP contribution >= 0.6 is 27.3 Å². The molecule has 1 unspecified atom stereocenters. The molecule has 0 bridgehead atoms. The molecule has 0 spiro atoms. The first-order valence-electron chi connectivity index (χ1n) is 5.48. The standard InChI is InChI=1S/C13H13BrFNOS/c1-8-6-9(2-3-10(8)15)17-11(7-16)12-4-5-13(14)18-12/h2-6,11H,7,16H2,1H3. The summed E-state index contributed by atoms with van der Waals surface area (Å²) in [6.45, 7) is 2.09. The van der Waals surface area contributed by atoms with Gasteiger partial charge in [-0.05, 0) is 58.7 Å². The Morgan fingerprint density at radius 1 is 1.39 bits per heavy atom. The van der Waals surface area contributed by atoms with Crippen LogP contribution in [0, 0.1) is 12.7 Å². The molecule has 0 aliphatic rings. The van der Waals surface area contributed by atoms with Crippen molar-refractivity contribution in [2.45, 2.75) is 13.0 Å². The number of hydrogen-bond acceptors (Lipinski definition) is 3. The van der Waals surface area contributed by atoms with Gasteiger partial charge in [0.15, 0.2) is 0 Å². The zero-order valence-corrected chi connectivity index (χ0v) is 12.2. The maximum absolute atomic E-state index is 13.2. The van der Waals surface area contributed by atoms with Crippen LogP contribution in [0.1, 0.15) is 16.5 Å². The third-order valence-corrected chi connectivity index (χ3v) is 4.25. The van der Waals surface area contributed by atoms with Crippen LogP contribution < -0.4 is 10.5 Å². The smallest absolute Gasteiger partial charge is 0.145 e. The Bertz CT molecular complexity index is 544. The van der Waals surface area contributed by atoms with Gasteiger partial charge in [0.25, 0.3) is 0 Å². The van der Waals surface area contributed by atoms with Crippen LogP contribution in [0.4, 0.5) is 4.39 Å². The van der Waals surface area contributed by atoms with E-state index in [2.05, 4.69) is 15.9 Å². The molecule has 0 aliphatic carbocycles. The van der Waals surface area contributed by atoms with Crippen LogP contribution in [0.15, 0.2) is 34.1 Å². The van der Waals surface area contributed by atoms with Gasteiger partial charge in [-0.1, -0.05) is 0 Å². The fraction of sp³-hybridized carbons (Fsp3) is 0.231. The zero-order valence-electron chi connectivity index (χ0n) is 9.82. The third kappa shape index (κ3) is 3.10. The molecule has 0 radical (unpaired) electrons. The monoisotopic (exact) mass is 329 g/mol. The van der Waals surface area contributed by atoms with Crippen LogP contribution in [-0.2, 0) is 0 Å². The van der Waals surface area contributed by atoms with E-state index in [-0.39, 0.29) is 11.9 Å². The second kappa shape index (κ2) is 5.82. The van der Waals surface area contributed by atoms with Crippen molar-refractivity contribution in [2.75, 3.05) is 6.54 Å². The van der Waals surface area contributed by atoms with E-state index in [1.54, 1.807) is 30.4 Å². The number of halogens is 2. The summed E-state index contributed by atoms with van der Waals surface area (Å²) in [5.41, 5.74) is 6.29. The second-order valence-corrected chi connectivity index (χ2v) is 6.39. The zero-order chi connectivity index (χ0) is 13.1. The minimum absolute atomic E-state index is 0.203. The van der Waals surface area contributed by atoms with Crippen molar-refractivity contribution < 1.29 is 9.13 Å². The van der Waals surface area contributed by atoms with Gasteiger partial charge in [0, 0.05) is 11.4 Å². The first-order valence-corrected chi connectivity index (χ1v) is 7.09. The molecule has 18 heavy (non-hydrogen) atoms. The van der Waals surface area contributed by atoms with E-state index in [4.69, 9.17) is 10.5 Å². The minimum Gasteiger partial charge on any atom is -0.484 e. The highest BCUT2D eigenvalue weighted by molar-refractivity contribution is 9.11. The van der Waals surface area contributed by atoms with Crippen molar-refractivity contribution in [1.82, 2.24) is 0 Å². The number of aryl methyl sites for hydroxylation is 1. The maximum Gasteiger partial charge on any atom is 0.145 e. The molecular weight excluding hydrogens is 317 g/mol. The molecule has 1 atom stereocenters. The molecule has 0 saturated carbocycles. The third-order valence-electron chi connectivity index (χ3n) is 2.53. The molecular formula is C13H13BrFNOS. The van der Waals surface area contributed by atoms with Crippen molar-refractivity contribution in [3.63, 3.8) is 0 Å². The molecule has 1 aromatic carbocycles.